The summed E-state index contributed by atoms with van der Waals surface area (Å²) in [5, 5.41) is 2.97. The first-order valence-electron chi connectivity index (χ1n) is 5.76. The van der Waals surface area contributed by atoms with E-state index in [1.807, 2.05) is 6.92 Å². The summed E-state index contributed by atoms with van der Waals surface area (Å²) in [6, 6.07) is 0.529. The molecule has 0 spiro atoms. The zero-order valence-corrected chi connectivity index (χ0v) is 10.4. The molecule has 1 fully saturated rings. The Balaban J connectivity index is 2.27. The molecule has 1 rings (SSSR count). The minimum atomic E-state index is -0.0804. The number of nitrogens with one attached hydrogen (secondary N) is 1. The van der Waals surface area contributed by atoms with Gasteiger partial charge in [0.25, 0.3) is 0 Å². The van der Waals surface area contributed by atoms with Gasteiger partial charge in [0, 0.05) is 24.4 Å². The maximum Gasteiger partial charge on any atom is 0.224 e. The van der Waals surface area contributed by atoms with Crippen molar-refractivity contribution in [1.82, 2.24) is 10.2 Å². The largest absolute Gasteiger partial charge is 0.354 e. The first-order valence-corrected chi connectivity index (χ1v) is 6.30. The lowest BCUT2D eigenvalue weighted by molar-refractivity contribution is -0.124. The van der Waals surface area contributed by atoms with Crippen LogP contribution in [-0.2, 0) is 4.79 Å². The highest BCUT2D eigenvalue weighted by atomic mass is 35.5. The van der Waals surface area contributed by atoms with Gasteiger partial charge < -0.3 is 5.32 Å². The van der Waals surface area contributed by atoms with E-state index in [-0.39, 0.29) is 11.8 Å². The monoisotopic (exact) mass is 232 g/mol. The summed E-state index contributed by atoms with van der Waals surface area (Å²) in [6.45, 7) is 7.04. The van der Waals surface area contributed by atoms with E-state index >= 15 is 0 Å². The van der Waals surface area contributed by atoms with Crippen molar-refractivity contribution >= 4 is 17.5 Å². The third kappa shape index (κ3) is 3.65. The van der Waals surface area contributed by atoms with Crippen molar-refractivity contribution in [3.8, 4) is 0 Å². The molecular formula is C11H21ClN2O. The second-order valence-electron chi connectivity index (χ2n) is 4.23. The first kappa shape index (κ1) is 12.8. The van der Waals surface area contributed by atoms with Crippen LogP contribution in [0.2, 0.25) is 0 Å². The van der Waals surface area contributed by atoms with Gasteiger partial charge in [0.2, 0.25) is 5.91 Å². The third-order valence-corrected chi connectivity index (χ3v) is 3.56. The number of hydrogen-bond acceptors (Lipinski definition) is 2. The Morgan fingerprint density at radius 2 is 2.40 bits per heavy atom. The number of likely N-dealkylation sites (N-methyl/N-ethyl adjacent to an activating group) is 1. The number of amides is 1. The molecule has 2 unspecified atom stereocenters. The molecule has 1 aliphatic heterocycles. The highest BCUT2D eigenvalue weighted by Gasteiger charge is 2.23. The van der Waals surface area contributed by atoms with Crippen molar-refractivity contribution in [3.05, 3.63) is 0 Å². The molecule has 1 N–H and O–H groups in total. The molecule has 1 heterocycles. The summed E-state index contributed by atoms with van der Waals surface area (Å²) >= 11 is 5.63. The Bertz CT molecular complexity index is 211. The smallest absolute Gasteiger partial charge is 0.224 e. The van der Waals surface area contributed by atoms with E-state index in [0.29, 0.717) is 11.9 Å². The minimum Gasteiger partial charge on any atom is -0.354 e. The van der Waals surface area contributed by atoms with Gasteiger partial charge in [0.05, 0.1) is 0 Å². The van der Waals surface area contributed by atoms with Crippen molar-refractivity contribution in [1.29, 1.82) is 0 Å². The standard InChI is InChI=1S/C11H21ClN2O/c1-3-14-6-4-5-10(14)8-13-11(15)9(2)7-12/h9-10H,3-8H2,1-2H3,(H,13,15). The van der Waals surface area contributed by atoms with Gasteiger partial charge >= 0.3 is 0 Å². The molecule has 3 nitrogen and oxygen atoms in total. The van der Waals surface area contributed by atoms with Gasteiger partial charge in [0.1, 0.15) is 0 Å². The first-order chi connectivity index (χ1) is 7.19. The molecule has 15 heavy (non-hydrogen) atoms. The van der Waals surface area contributed by atoms with Crippen LogP contribution < -0.4 is 5.32 Å². The van der Waals surface area contributed by atoms with Gasteiger partial charge in [-0.25, -0.2) is 0 Å². The molecule has 0 aromatic heterocycles. The number of carbonyl (C=O) groups is 1. The maximum atomic E-state index is 11.5. The molecule has 0 aromatic rings. The van der Waals surface area contributed by atoms with Crippen molar-refractivity contribution in [2.75, 3.05) is 25.5 Å². The number of hydrogen-bond donors (Lipinski definition) is 1. The molecule has 0 radical (unpaired) electrons. The number of carbonyl (C=O) groups excluding carboxylic acids is 1. The molecule has 0 bridgehead atoms. The van der Waals surface area contributed by atoms with Gasteiger partial charge in [-0.2, -0.15) is 0 Å². The lowest BCUT2D eigenvalue weighted by Gasteiger charge is -2.23. The predicted octanol–water partition coefficient (Wildman–Crippen LogP) is 1.46. The summed E-state index contributed by atoms with van der Waals surface area (Å²) in [5.41, 5.74) is 0. The molecule has 2 atom stereocenters. The highest BCUT2D eigenvalue weighted by molar-refractivity contribution is 6.19. The second kappa shape index (κ2) is 6.33. The van der Waals surface area contributed by atoms with Crippen LogP contribution in [0, 0.1) is 5.92 Å². The van der Waals surface area contributed by atoms with E-state index < -0.39 is 0 Å². The third-order valence-electron chi connectivity index (χ3n) is 3.10. The van der Waals surface area contributed by atoms with Gasteiger partial charge in [-0.1, -0.05) is 13.8 Å². The molecule has 1 aliphatic rings. The normalized spacial score (nSPS) is 24.1. The van der Waals surface area contributed by atoms with E-state index in [1.165, 1.54) is 19.4 Å². The van der Waals surface area contributed by atoms with Gasteiger partial charge in [0.15, 0.2) is 0 Å². The molecule has 0 saturated carbocycles. The van der Waals surface area contributed by atoms with Crippen molar-refractivity contribution < 1.29 is 4.79 Å². The number of nitrogens with zero attached hydrogens (tertiary/aromatic N) is 1. The minimum absolute atomic E-state index is 0.0768. The lowest BCUT2D eigenvalue weighted by atomic mass is 10.2. The van der Waals surface area contributed by atoms with Crippen LogP contribution in [0.4, 0.5) is 0 Å². The Morgan fingerprint density at radius 1 is 1.67 bits per heavy atom. The fourth-order valence-electron chi connectivity index (χ4n) is 2.01. The topological polar surface area (TPSA) is 32.3 Å². The maximum absolute atomic E-state index is 11.5. The summed E-state index contributed by atoms with van der Waals surface area (Å²) in [7, 11) is 0. The Hall–Kier alpha value is -0.280. The van der Waals surface area contributed by atoms with E-state index in [2.05, 4.69) is 17.1 Å². The van der Waals surface area contributed by atoms with Crippen LogP contribution >= 0.6 is 11.6 Å². The zero-order valence-electron chi connectivity index (χ0n) is 9.63. The number of rotatable bonds is 5. The molecule has 0 aromatic carbocycles. The predicted molar refractivity (Wildman–Crippen MR) is 63.2 cm³/mol. The lowest BCUT2D eigenvalue weighted by Crippen LogP contribution is -2.41. The molecule has 1 saturated heterocycles. The van der Waals surface area contributed by atoms with Crippen LogP contribution in [0.5, 0.6) is 0 Å². The molecular weight excluding hydrogens is 212 g/mol. The number of halogens is 1. The second-order valence-corrected chi connectivity index (χ2v) is 4.53. The Labute approximate surface area is 97.2 Å². The highest BCUT2D eigenvalue weighted by Crippen LogP contribution is 2.15. The van der Waals surface area contributed by atoms with Gasteiger partial charge in [-0.3, -0.25) is 9.69 Å². The van der Waals surface area contributed by atoms with Crippen LogP contribution in [-0.4, -0.2) is 42.4 Å². The fraction of sp³-hybridized carbons (Fsp3) is 0.909. The van der Waals surface area contributed by atoms with E-state index in [1.54, 1.807) is 0 Å². The number of likely N-dealkylation sites (tertiary alicyclic amines) is 1. The zero-order chi connectivity index (χ0) is 11.3. The van der Waals surface area contributed by atoms with Crippen LogP contribution in [0.1, 0.15) is 26.7 Å². The fourth-order valence-corrected chi connectivity index (χ4v) is 2.15. The summed E-state index contributed by atoms with van der Waals surface area (Å²) < 4.78 is 0. The molecule has 1 amide bonds. The van der Waals surface area contributed by atoms with E-state index in [4.69, 9.17) is 11.6 Å². The Morgan fingerprint density at radius 3 is 3.00 bits per heavy atom. The summed E-state index contributed by atoms with van der Waals surface area (Å²) in [5.74, 6) is 0.393. The van der Waals surface area contributed by atoms with Gasteiger partial charge in [-0.15, -0.1) is 11.6 Å². The molecule has 88 valence electrons. The summed E-state index contributed by atoms with van der Waals surface area (Å²) in [4.78, 5) is 13.9. The van der Waals surface area contributed by atoms with Crippen LogP contribution in [0.25, 0.3) is 0 Å². The molecule has 4 heteroatoms. The Kier molecular flexibility index (Phi) is 5.40. The van der Waals surface area contributed by atoms with Crippen molar-refractivity contribution in [3.63, 3.8) is 0 Å². The molecule has 0 aliphatic carbocycles. The quantitative estimate of drug-likeness (QED) is 0.728. The summed E-state index contributed by atoms with van der Waals surface area (Å²) in [6.07, 6.45) is 2.45. The average Bonchev–Trinajstić information content (AvgIpc) is 2.71. The van der Waals surface area contributed by atoms with Crippen molar-refractivity contribution in [2.24, 2.45) is 5.92 Å². The van der Waals surface area contributed by atoms with Crippen LogP contribution in [0.15, 0.2) is 0 Å². The van der Waals surface area contributed by atoms with E-state index in [9.17, 15) is 4.79 Å². The average molecular weight is 233 g/mol. The SMILES string of the molecule is CCN1CCCC1CNC(=O)C(C)CCl. The van der Waals surface area contributed by atoms with Crippen LogP contribution in [0.3, 0.4) is 0 Å². The van der Waals surface area contributed by atoms with Crippen molar-refractivity contribution in [2.45, 2.75) is 32.7 Å². The van der Waals surface area contributed by atoms with Gasteiger partial charge in [-0.05, 0) is 25.9 Å². The number of alkyl halides is 1. The van der Waals surface area contributed by atoms with E-state index in [0.717, 1.165) is 13.1 Å².